The standard InChI is InChI=1S/C12H8N2O10S2.2CH5N3/c15-13(16)11-5-7(25(19,20)21)1-3-9(11)10-4-2-8(26(22,23)24)6-12(10)14(17)18;2*2-1(3)4/h1-6H,(H,19,20,21)(H,22,23,24);2*(H5,2,3,4). The van der Waals surface area contributed by atoms with Crippen LogP contribution >= 0.6 is 0 Å². The van der Waals surface area contributed by atoms with Crippen LogP contribution < -0.4 is 33.8 Å². The number of benzene rings is 2. The fraction of sp³-hybridized carbons (Fsp3) is 0. The van der Waals surface area contributed by atoms with E-state index in [-0.39, 0.29) is 11.9 Å². The quantitative estimate of drug-likeness (QED) is 0.0703. The van der Waals surface area contributed by atoms with E-state index in [0.717, 1.165) is 12.1 Å². The van der Waals surface area contributed by atoms with Gasteiger partial charge >= 0.3 is 11.9 Å². The van der Waals surface area contributed by atoms with E-state index in [1.807, 2.05) is 0 Å². The second-order valence-corrected chi connectivity index (χ2v) is 8.54. The number of nitro benzene ring substituents is 2. The molecule has 0 atom stereocenters. The second-order valence-electron chi connectivity index (χ2n) is 5.78. The predicted molar refractivity (Wildman–Crippen MR) is 112 cm³/mol. The zero-order valence-electron chi connectivity index (χ0n) is 16.7. The summed E-state index contributed by atoms with van der Waals surface area (Å²) < 4.78 is 66.0. The molecular formula is C14H18N8O10S2. The summed E-state index contributed by atoms with van der Waals surface area (Å²) in [5.74, 6) is -0.167. The molecule has 18 nitrogen and oxygen atoms in total. The smallest absolute Gasteiger partial charge is 0.336 e. The Bertz CT molecular complexity index is 1230. The highest BCUT2D eigenvalue weighted by atomic mass is 32.2. The number of hydrogen-bond acceptors (Lipinski definition) is 10. The maximum atomic E-state index is 11.2. The van der Waals surface area contributed by atoms with Crippen molar-refractivity contribution in [3.8, 4) is 11.1 Å². The summed E-state index contributed by atoms with van der Waals surface area (Å²) in [5, 5.41) is 31.5. The van der Waals surface area contributed by atoms with Gasteiger partial charge in [-0.15, -0.1) is 0 Å². The molecule has 0 fully saturated rings. The Morgan fingerprint density at radius 1 is 0.676 bits per heavy atom. The number of rotatable bonds is 5. The first kappa shape index (κ1) is 29.6. The van der Waals surface area contributed by atoms with E-state index >= 15 is 0 Å². The van der Waals surface area contributed by atoms with Gasteiger partial charge in [-0.05, 0) is 24.3 Å². The van der Waals surface area contributed by atoms with Crippen molar-refractivity contribution in [1.29, 1.82) is 0 Å². The van der Waals surface area contributed by atoms with Crippen molar-refractivity contribution in [3.63, 3.8) is 0 Å². The highest BCUT2D eigenvalue weighted by molar-refractivity contribution is 7.86. The van der Waals surface area contributed by atoms with E-state index in [9.17, 15) is 46.2 Å². The Morgan fingerprint density at radius 3 is 1.09 bits per heavy atom. The molecule has 12 N–H and O–H groups in total. The summed E-state index contributed by atoms with van der Waals surface area (Å²) in [6, 6.07) is 3.89. The van der Waals surface area contributed by atoms with Crippen molar-refractivity contribution in [2.24, 2.45) is 22.9 Å². The molecule has 0 spiro atoms. The fourth-order valence-electron chi connectivity index (χ4n) is 2.09. The average molecular weight is 522 g/mol. The third-order valence-electron chi connectivity index (χ3n) is 3.20. The molecule has 0 aliphatic carbocycles. The van der Waals surface area contributed by atoms with Crippen LogP contribution in [0.2, 0.25) is 0 Å². The molecule has 34 heavy (non-hydrogen) atoms. The lowest BCUT2D eigenvalue weighted by molar-refractivity contribution is -0.386. The van der Waals surface area contributed by atoms with Crippen molar-refractivity contribution in [2.45, 2.75) is 9.79 Å². The maximum Gasteiger partial charge on any atom is 0.336 e. The van der Waals surface area contributed by atoms with Gasteiger partial charge in [-0.3, -0.25) is 54.0 Å². The van der Waals surface area contributed by atoms with Gasteiger partial charge in [0, 0.05) is 12.1 Å². The largest absolute Gasteiger partial charge is 0.744 e. The minimum Gasteiger partial charge on any atom is -0.744 e. The van der Waals surface area contributed by atoms with Crippen LogP contribution in [0.25, 0.3) is 11.1 Å². The summed E-state index contributed by atoms with van der Waals surface area (Å²) >= 11 is 0. The Kier molecular flexibility index (Phi) is 9.98. The summed E-state index contributed by atoms with van der Waals surface area (Å²) in [7, 11) is -10.0. The first-order valence-electron chi connectivity index (χ1n) is 8.04. The third-order valence-corrected chi connectivity index (χ3v) is 4.86. The third kappa shape index (κ3) is 9.39. The van der Waals surface area contributed by atoms with Gasteiger partial charge in [0.2, 0.25) is 0 Å². The predicted octanol–water partition coefficient (Wildman–Crippen LogP) is -4.98. The fourth-order valence-corrected chi connectivity index (χ4v) is 3.07. The first-order chi connectivity index (χ1) is 15.3. The van der Waals surface area contributed by atoms with Gasteiger partial charge in [-0.25, -0.2) is 16.8 Å². The number of nitrogens with two attached hydrogens (primary N) is 6. The van der Waals surface area contributed by atoms with Crippen LogP contribution in [0, 0.1) is 20.2 Å². The second kappa shape index (κ2) is 11.5. The minimum absolute atomic E-state index is 0.0833. The highest BCUT2D eigenvalue weighted by Gasteiger charge is 2.25. The average Bonchev–Trinajstić information content (AvgIpc) is 2.64. The van der Waals surface area contributed by atoms with Gasteiger partial charge in [0.15, 0.2) is 0 Å². The molecule has 2 aromatic carbocycles. The number of guanidine groups is 2. The van der Waals surface area contributed by atoms with Gasteiger partial charge in [0.1, 0.15) is 20.2 Å². The van der Waals surface area contributed by atoms with Crippen molar-refractivity contribution in [1.82, 2.24) is 0 Å². The number of nitrogens with zero attached hydrogens (tertiary/aromatic N) is 2. The Labute approximate surface area is 191 Å². The van der Waals surface area contributed by atoms with Crippen LogP contribution in [0.4, 0.5) is 11.4 Å². The molecule has 0 aliphatic rings. The molecule has 0 bridgehead atoms. The van der Waals surface area contributed by atoms with Gasteiger partial charge in [0.25, 0.3) is 11.4 Å². The van der Waals surface area contributed by atoms with E-state index in [4.69, 9.17) is 0 Å². The minimum atomic E-state index is -5.02. The molecule has 0 radical (unpaired) electrons. The molecule has 0 unspecified atom stereocenters. The maximum absolute atomic E-state index is 11.2. The van der Waals surface area contributed by atoms with Gasteiger partial charge in [-0.1, -0.05) is 0 Å². The van der Waals surface area contributed by atoms with Crippen LogP contribution in [0.5, 0.6) is 0 Å². The summed E-state index contributed by atoms with van der Waals surface area (Å²) in [4.78, 5) is 18.4. The van der Waals surface area contributed by atoms with E-state index in [0.29, 0.717) is 24.3 Å². The molecule has 20 heteroatoms. The van der Waals surface area contributed by atoms with Crippen molar-refractivity contribution in [2.75, 3.05) is 0 Å². The molecule has 186 valence electrons. The number of hydrogen-bond donors (Lipinski definition) is 6. The summed E-state index contributed by atoms with van der Waals surface area (Å²) in [5.41, 5.74) is 15.6. The zero-order valence-corrected chi connectivity index (χ0v) is 18.4. The van der Waals surface area contributed by atoms with Gasteiger partial charge in [-0.2, -0.15) is 0 Å². The van der Waals surface area contributed by atoms with Crippen LogP contribution in [-0.4, -0.2) is 47.7 Å². The molecule has 0 heterocycles. The first-order valence-corrected chi connectivity index (χ1v) is 10.9. The SMILES string of the molecule is NC(N)=[NH2+].NC(N)=[NH2+].O=[N+]([O-])c1cc(S(=O)(=O)[O-])ccc1-c1ccc(S(=O)(=O)[O-])cc1[N+](=O)[O-]. The molecule has 0 amide bonds. The molecule has 0 saturated carbocycles. The molecular weight excluding hydrogens is 504 g/mol. The van der Waals surface area contributed by atoms with Crippen molar-refractivity contribution >= 4 is 43.5 Å². The Hall–Kier alpha value is -4.40. The van der Waals surface area contributed by atoms with E-state index in [1.54, 1.807) is 0 Å². The van der Waals surface area contributed by atoms with Crippen molar-refractivity contribution < 1.29 is 46.6 Å². The van der Waals surface area contributed by atoms with Gasteiger partial charge < -0.3 is 9.11 Å². The molecule has 2 rings (SSSR count). The molecule has 0 aromatic heterocycles. The van der Waals surface area contributed by atoms with Crippen LogP contribution in [0.1, 0.15) is 0 Å². The zero-order chi connectivity index (χ0) is 27.0. The van der Waals surface area contributed by atoms with E-state index in [1.165, 1.54) is 0 Å². The normalized spacial score (nSPS) is 10.5. The lowest BCUT2D eigenvalue weighted by atomic mass is 10.0. The Morgan fingerprint density at radius 2 is 0.912 bits per heavy atom. The van der Waals surface area contributed by atoms with Crippen LogP contribution in [0.15, 0.2) is 46.2 Å². The molecule has 2 aromatic rings. The Balaban J connectivity index is 0.00000118. The summed E-state index contributed by atoms with van der Waals surface area (Å²) in [6.45, 7) is 0. The van der Waals surface area contributed by atoms with Gasteiger partial charge in [0.05, 0.1) is 30.8 Å². The highest BCUT2D eigenvalue weighted by Crippen LogP contribution is 2.38. The monoisotopic (exact) mass is 522 g/mol. The lowest BCUT2D eigenvalue weighted by Crippen LogP contribution is -2.51. The molecule has 0 aliphatic heterocycles. The van der Waals surface area contributed by atoms with Crippen molar-refractivity contribution in [3.05, 3.63) is 56.6 Å². The van der Waals surface area contributed by atoms with E-state index in [2.05, 4.69) is 33.8 Å². The van der Waals surface area contributed by atoms with E-state index < -0.39 is 62.4 Å². The molecule has 0 saturated heterocycles. The number of nitro groups is 2. The van der Waals surface area contributed by atoms with Crippen LogP contribution in [0.3, 0.4) is 0 Å². The topological polar surface area (TPSA) is 356 Å². The van der Waals surface area contributed by atoms with Crippen LogP contribution in [-0.2, 0) is 20.2 Å². The lowest BCUT2D eigenvalue weighted by Gasteiger charge is -2.11. The summed E-state index contributed by atoms with van der Waals surface area (Å²) in [6.07, 6.45) is 0.